The van der Waals surface area contributed by atoms with Crippen LogP contribution >= 0.6 is 8.69 Å². The van der Waals surface area contributed by atoms with Crippen LogP contribution in [0, 0.1) is 20.8 Å². The van der Waals surface area contributed by atoms with Crippen molar-refractivity contribution < 1.29 is 13.9 Å². The lowest BCUT2D eigenvalue weighted by Gasteiger charge is -2.16. The van der Waals surface area contributed by atoms with E-state index in [-0.39, 0.29) is 5.78 Å². The number of hydrogen-bond donors (Lipinski definition) is 0. The topological polar surface area (TPSA) is 43.4 Å². The van der Waals surface area contributed by atoms with Crippen LogP contribution in [-0.4, -0.2) is 5.78 Å². The molecule has 0 aliphatic rings. The molecule has 0 bridgehead atoms. The zero-order chi connectivity index (χ0) is 15.4. The average molecular weight is 300 g/mol. The fraction of sp³-hybridized carbons (Fsp3) is 0.235. The summed E-state index contributed by atoms with van der Waals surface area (Å²) in [5.74, 6) is -0.167. The maximum absolute atomic E-state index is 12.8. The smallest absolute Gasteiger partial charge is 0.291 e. The minimum Gasteiger partial charge on any atom is -0.291 e. The van der Waals surface area contributed by atoms with Crippen molar-refractivity contribution in [2.45, 2.75) is 26.9 Å². The van der Waals surface area contributed by atoms with Crippen molar-refractivity contribution in [1.82, 2.24) is 0 Å². The number of carbonyl (C=O) groups excluding carboxylic acids is 1. The van der Waals surface area contributed by atoms with Crippen molar-refractivity contribution in [2.24, 2.45) is 0 Å². The lowest BCUT2D eigenvalue weighted by Crippen LogP contribution is -2.16. The van der Waals surface area contributed by atoms with Crippen LogP contribution in [0.4, 0.5) is 0 Å². The highest BCUT2D eigenvalue weighted by atomic mass is 31.1. The molecule has 3 nitrogen and oxygen atoms in total. The highest BCUT2D eigenvalue weighted by Gasteiger charge is 2.26. The molecule has 0 heterocycles. The molecule has 0 aliphatic carbocycles. The van der Waals surface area contributed by atoms with Crippen molar-refractivity contribution >= 4 is 14.5 Å². The highest BCUT2D eigenvalue weighted by molar-refractivity contribution is 7.17. The largest absolute Gasteiger partial charge is 0.328 e. The van der Waals surface area contributed by atoms with Gasteiger partial charge < -0.3 is 0 Å². The number of hydrogen-bond acceptors (Lipinski definition) is 3. The van der Waals surface area contributed by atoms with E-state index in [1.807, 2.05) is 51.1 Å². The van der Waals surface area contributed by atoms with Crippen molar-refractivity contribution in [3.8, 4) is 0 Å². The van der Waals surface area contributed by atoms with E-state index in [1.165, 1.54) is 0 Å². The lowest BCUT2D eigenvalue weighted by atomic mass is 9.92. The van der Waals surface area contributed by atoms with Gasteiger partial charge in [0.1, 0.15) is 0 Å². The molecule has 1 unspecified atom stereocenters. The van der Waals surface area contributed by atoms with Gasteiger partial charge in [-0.2, -0.15) is 0 Å². The van der Waals surface area contributed by atoms with Crippen LogP contribution in [0.2, 0.25) is 0 Å². The summed E-state index contributed by atoms with van der Waals surface area (Å²) in [5, 5.41) is 0. The van der Waals surface area contributed by atoms with E-state index >= 15 is 0 Å². The Morgan fingerprint density at radius 2 is 1.62 bits per heavy atom. The molecule has 0 spiro atoms. The number of ketones is 1. The third-order valence-corrected chi connectivity index (χ3v) is 3.71. The predicted molar refractivity (Wildman–Crippen MR) is 82.9 cm³/mol. The van der Waals surface area contributed by atoms with Crippen molar-refractivity contribution in [1.29, 1.82) is 0 Å². The Kier molecular flexibility index (Phi) is 5.00. The summed E-state index contributed by atoms with van der Waals surface area (Å²) in [6.45, 7) is 5.81. The van der Waals surface area contributed by atoms with Crippen molar-refractivity contribution in [2.75, 3.05) is 0 Å². The maximum Gasteiger partial charge on any atom is 0.328 e. The van der Waals surface area contributed by atoms with Crippen LogP contribution in [0.1, 0.15) is 38.7 Å². The zero-order valence-electron chi connectivity index (χ0n) is 12.3. The van der Waals surface area contributed by atoms with Gasteiger partial charge in [-0.15, -0.1) is 0 Å². The zero-order valence-corrected chi connectivity index (χ0v) is 13.2. The Bertz CT molecular complexity index is 642. The first-order chi connectivity index (χ1) is 10.0. The first-order valence-electron chi connectivity index (χ1n) is 6.70. The normalized spacial score (nSPS) is 12.3. The van der Waals surface area contributed by atoms with E-state index in [2.05, 4.69) is 0 Å². The van der Waals surface area contributed by atoms with Gasteiger partial charge in [0, 0.05) is 5.56 Å². The first kappa shape index (κ1) is 15.6. The molecular weight excluding hydrogens is 283 g/mol. The fourth-order valence-corrected chi connectivity index (χ4v) is 2.93. The second-order valence-electron chi connectivity index (χ2n) is 5.11. The summed E-state index contributed by atoms with van der Waals surface area (Å²) in [7, 11) is -0.503. The van der Waals surface area contributed by atoms with E-state index in [4.69, 9.17) is 4.52 Å². The second kappa shape index (κ2) is 6.75. The van der Waals surface area contributed by atoms with Gasteiger partial charge in [-0.1, -0.05) is 48.0 Å². The number of rotatable bonds is 5. The number of carbonyl (C=O) groups is 1. The van der Waals surface area contributed by atoms with Gasteiger partial charge in [0.25, 0.3) is 0 Å². The molecule has 4 heteroatoms. The predicted octanol–water partition coefficient (Wildman–Crippen LogP) is 4.76. The van der Waals surface area contributed by atoms with Gasteiger partial charge in [-0.05, 0) is 37.5 Å². The van der Waals surface area contributed by atoms with E-state index < -0.39 is 14.8 Å². The van der Waals surface area contributed by atoms with E-state index in [0.29, 0.717) is 11.1 Å². The SMILES string of the molecule is Cc1cc(C)c(C(=O)C(OP=O)c2ccccc2)c(C)c1. The maximum atomic E-state index is 12.8. The third-order valence-electron chi connectivity index (χ3n) is 3.41. The van der Waals surface area contributed by atoms with E-state index in [9.17, 15) is 9.36 Å². The third kappa shape index (κ3) is 3.44. The average Bonchev–Trinajstić information content (AvgIpc) is 2.44. The Labute approximate surface area is 126 Å². The molecule has 2 aromatic rings. The number of benzene rings is 2. The van der Waals surface area contributed by atoms with Crippen LogP contribution in [-0.2, 0) is 9.09 Å². The molecule has 0 aliphatic heterocycles. The lowest BCUT2D eigenvalue weighted by molar-refractivity contribution is 0.0811. The van der Waals surface area contributed by atoms with E-state index in [0.717, 1.165) is 16.7 Å². The Balaban J connectivity index is 2.47. The van der Waals surface area contributed by atoms with Gasteiger partial charge in [-0.25, -0.2) is 4.57 Å². The fourth-order valence-electron chi connectivity index (χ4n) is 2.63. The summed E-state index contributed by atoms with van der Waals surface area (Å²) < 4.78 is 16.0. The molecule has 108 valence electrons. The van der Waals surface area contributed by atoms with Crippen LogP contribution in [0.3, 0.4) is 0 Å². The number of Topliss-reactive ketones (excluding diaryl/α,β-unsaturated/α-hetero) is 1. The summed E-state index contributed by atoms with van der Waals surface area (Å²) in [4.78, 5) is 12.8. The Morgan fingerprint density at radius 1 is 1.05 bits per heavy atom. The Hall–Kier alpha value is -1.83. The molecule has 0 aromatic heterocycles. The molecule has 2 aromatic carbocycles. The van der Waals surface area contributed by atoms with Crippen LogP contribution in [0.25, 0.3) is 0 Å². The van der Waals surface area contributed by atoms with Crippen molar-refractivity contribution in [3.05, 3.63) is 70.3 Å². The molecule has 0 fully saturated rings. The Morgan fingerprint density at radius 3 is 2.14 bits per heavy atom. The second-order valence-corrected chi connectivity index (χ2v) is 5.47. The van der Waals surface area contributed by atoms with E-state index in [1.54, 1.807) is 12.1 Å². The molecule has 0 saturated carbocycles. The molecule has 21 heavy (non-hydrogen) atoms. The summed E-state index contributed by atoms with van der Waals surface area (Å²) in [5.41, 5.74) is 4.26. The highest BCUT2D eigenvalue weighted by Crippen LogP contribution is 2.29. The molecule has 0 saturated heterocycles. The quantitative estimate of drug-likeness (QED) is 0.590. The summed E-state index contributed by atoms with van der Waals surface area (Å²) in [6, 6.07) is 13.1. The van der Waals surface area contributed by atoms with Gasteiger partial charge in [-0.3, -0.25) is 9.32 Å². The van der Waals surface area contributed by atoms with Crippen LogP contribution in [0.5, 0.6) is 0 Å². The molecule has 0 amide bonds. The molecule has 0 N–H and O–H groups in total. The van der Waals surface area contributed by atoms with Gasteiger partial charge in [0.2, 0.25) is 0 Å². The molecule has 2 rings (SSSR count). The standard InChI is InChI=1S/C17H17O3P/c1-11-9-12(2)15(13(3)10-11)16(18)17(20-21-19)14-7-5-4-6-8-14/h4-10,17H,1-3H3. The first-order valence-corrected chi connectivity index (χ1v) is 7.43. The van der Waals surface area contributed by atoms with Crippen molar-refractivity contribution in [3.63, 3.8) is 0 Å². The van der Waals surface area contributed by atoms with Gasteiger partial charge in [0.05, 0.1) is 0 Å². The van der Waals surface area contributed by atoms with Gasteiger partial charge in [0.15, 0.2) is 11.9 Å². The van der Waals surface area contributed by atoms with Crippen LogP contribution in [0.15, 0.2) is 42.5 Å². The minimum absolute atomic E-state index is 0.167. The molecular formula is C17H17O3P. The summed E-state index contributed by atoms with van der Waals surface area (Å²) >= 11 is 0. The monoisotopic (exact) mass is 300 g/mol. The molecule has 1 atom stereocenters. The van der Waals surface area contributed by atoms with Gasteiger partial charge >= 0.3 is 8.69 Å². The summed E-state index contributed by atoms with van der Waals surface area (Å²) in [6.07, 6.45) is -0.856. The molecule has 0 radical (unpaired) electrons. The number of aryl methyl sites for hydroxylation is 3. The minimum atomic E-state index is -0.856. The van der Waals surface area contributed by atoms with Crippen LogP contribution < -0.4 is 0 Å².